The Labute approximate surface area is 256 Å². The first-order valence-corrected chi connectivity index (χ1v) is 38.5. The molecule has 0 aliphatic carbocycles. The van der Waals surface area contributed by atoms with Gasteiger partial charge in [0.05, 0.1) is 6.54 Å². The highest BCUT2D eigenvalue weighted by Crippen LogP contribution is 2.44. The van der Waals surface area contributed by atoms with Crippen molar-refractivity contribution in [2.45, 2.75) is 96.4 Å². The van der Waals surface area contributed by atoms with Crippen LogP contribution in [-0.2, 0) is 42.1 Å². The van der Waals surface area contributed by atoms with E-state index in [0.29, 0.717) is 0 Å². The van der Waals surface area contributed by atoms with Gasteiger partial charge in [-0.25, -0.2) is 9.79 Å². The molecule has 0 atom stereocenters. The Kier molecular flexibility index (Phi) is 18.9. The van der Waals surface area contributed by atoms with E-state index in [9.17, 15) is 4.79 Å². The topological polar surface area (TPSA) is 113 Å². The molecule has 0 radical (unpaired) electrons. The second-order valence-corrected chi connectivity index (χ2v) is 37.4. The van der Waals surface area contributed by atoms with Gasteiger partial charge in [0.25, 0.3) is 0 Å². The standard InChI is InChI=1S/C17H55NO10Si11/c1-29-21-38(22-30-2,23-31-3)17(14-15-18-16-19,39(24-32-4,25-33-5)26-34-6)20-37(13,27-35(7,8)9)28-36(10,11)12/h14-15,29-34H2,1-13H3. The van der Waals surface area contributed by atoms with Crippen LogP contribution in [0.15, 0.2) is 4.99 Å². The zero-order valence-electron chi connectivity index (χ0n) is 26.7. The minimum Gasteiger partial charge on any atom is -0.421 e. The molecule has 0 saturated heterocycles. The highest BCUT2D eigenvalue weighted by atomic mass is 28.5. The van der Waals surface area contributed by atoms with Crippen molar-refractivity contribution >= 4 is 108 Å². The van der Waals surface area contributed by atoms with Gasteiger partial charge in [0.1, 0.15) is 58.6 Å². The summed E-state index contributed by atoms with van der Waals surface area (Å²) in [7, 11) is -21.5. The van der Waals surface area contributed by atoms with Gasteiger partial charge >= 0.3 is 26.4 Å². The van der Waals surface area contributed by atoms with E-state index in [1.807, 2.05) is 6.55 Å². The maximum Gasteiger partial charge on any atom is 0.505 e. The normalized spacial score (nSPS) is 19.5. The van der Waals surface area contributed by atoms with Crippen molar-refractivity contribution in [2.24, 2.45) is 4.99 Å². The van der Waals surface area contributed by atoms with E-state index in [1.165, 1.54) is 0 Å². The van der Waals surface area contributed by atoms with Gasteiger partial charge in [-0.15, -0.1) is 0 Å². The minimum atomic E-state index is -3.70. The SMILES string of the molecule is C[SiH2]O[Si](O[SiH2]C)(O[SiH2]C)C(CCN=C=O)(O[Si](C)(O[Si](C)(C)C)O[Si](C)(C)C)[Si](O[SiH2]C)(O[SiH2]C)O[SiH2]C. The fourth-order valence-corrected chi connectivity index (χ4v) is 44.6. The lowest BCUT2D eigenvalue weighted by Gasteiger charge is -2.55. The lowest BCUT2D eigenvalue weighted by molar-refractivity contribution is 0.0199. The van der Waals surface area contributed by atoms with Crippen LogP contribution in [-0.4, -0.2) is 119 Å². The van der Waals surface area contributed by atoms with E-state index >= 15 is 0 Å². The van der Waals surface area contributed by atoms with Crippen LogP contribution >= 0.6 is 0 Å². The van der Waals surface area contributed by atoms with Gasteiger partial charge in [-0.3, -0.25) is 0 Å². The molecule has 0 bridgehead atoms. The van der Waals surface area contributed by atoms with Gasteiger partial charge < -0.3 is 37.3 Å². The van der Waals surface area contributed by atoms with Gasteiger partial charge in [-0.05, 0) is 39.3 Å². The number of nitrogens with zero attached hydrogens (tertiary/aromatic N) is 1. The van der Waals surface area contributed by atoms with Crippen LogP contribution in [0.2, 0.25) is 85.1 Å². The number of isocyanates is 1. The largest absolute Gasteiger partial charge is 0.505 e. The molecule has 0 aromatic rings. The van der Waals surface area contributed by atoms with Crippen LogP contribution in [0.25, 0.3) is 0 Å². The van der Waals surface area contributed by atoms with Gasteiger partial charge in [0, 0.05) is 13.0 Å². The van der Waals surface area contributed by atoms with Crippen LogP contribution in [0, 0.1) is 0 Å². The highest BCUT2D eigenvalue weighted by Gasteiger charge is 2.78. The molecular formula is C17H55NO10Si11. The zero-order chi connectivity index (χ0) is 30.4. The minimum absolute atomic E-state index is 0.118. The van der Waals surface area contributed by atoms with Crippen molar-refractivity contribution in [2.75, 3.05) is 6.54 Å². The molecule has 0 aliphatic rings. The third kappa shape index (κ3) is 12.1. The fourth-order valence-electron chi connectivity index (χ4n) is 4.51. The number of rotatable bonds is 23. The molecule has 39 heavy (non-hydrogen) atoms. The van der Waals surface area contributed by atoms with Crippen LogP contribution in [0.3, 0.4) is 0 Å². The van der Waals surface area contributed by atoms with Gasteiger partial charge in [-0.2, -0.15) is 0 Å². The molecule has 11 nitrogen and oxygen atoms in total. The fraction of sp³-hybridized carbons (Fsp3) is 0.941. The first kappa shape index (κ1) is 40.4. The molecule has 232 valence electrons. The van der Waals surface area contributed by atoms with Gasteiger partial charge in [-0.1, -0.05) is 39.3 Å². The lowest BCUT2D eigenvalue weighted by Crippen LogP contribution is -2.84. The monoisotopic (exact) mass is 741 g/mol. The Morgan fingerprint density at radius 1 is 0.615 bits per heavy atom. The summed E-state index contributed by atoms with van der Waals surface area (Å²) in [5, 5.41) is 0. The molecule has 0 aliphatic heterocycles. The van der Waals surface area contributed by atoms with Crippen LogP contribution in [0.1, 0.15) is 6.42 Å². The molecule has 0 spiro atoms. The van der Waals surface area contributed by atoms with Crippen molar-refractivity contribution < 1.29 is 42.1 Å². The molecule has 0 heterocycles. The number of hydrogen-bond acceptors (Lipinski definition) is 11. The third-order valence-electron chi connectivity index (χ3n) is 4.98. The van der Waals surface area contributed by atoms with E-state index in [4.69, 9.17) is 37.3 Å². The second kappa shape index (κ2) is 18.3. The van der Waals surface area contributed by atoms with E-state index in [2.05, 4.69) is 83.6 Å². The van der Waals surface area contributed by atoms with Crippen LogP contribution < -0.4 is 0 Å². The third-order valence-corrected chi connectivity index (χ3v) is 34.5. The average Bonchev–Trinajstić information content (AvgIpc) is 2.76. The maximum absolute atomic E-state index is 11.3. The van der Waals surface area contributed by atoms with Crippen LogP contribution in [0.5, 0.6) is 0 Å². The summed E-state index contributed by atoms with van der Waals surface area (Å²) >= 11 is 0. The first-order chi connectivity index (χ1) is 18.0. The quantitative estimate of drug-likeness (QED) is 0.0779. The van der Waals surface area contributed by atoms with E-state index in [1.54, 1.807) is 6.08 Å². The predicted octanol–water partition coefficient (Wildman–Crippen LogP) is -0.413. The summed E-state index contributed by atoms with van der Waals surface area (Å²) in [5.41, 5.74) is 0. The second-order valence-electron chi connectivity index (χ2n) is 10.7. The number of aliphatic imine (C=N–C) groups is 1. The summed E-state index contributed by atoms with van der Waals surface area (Å²) < 4.78 is 61.8. The Morgan fingerprint density at radius 2 is 0.923 bits per heavy atom. The highest BCUT2D eigenvalue weighted by molar-refractivity contribution is 6.94. The Hall–Kier alpha value is 1.41. The van der Waals surface area contributed by atoms with Gasteiger partial charge in [0.2, 0.25) is 6.08 Å². The summed E-state index contributed by atoms with van der Waals surface area (Å²) in [5.74, 6) is 0. The van der Waals surface area contributed by atoms with Crippen LogP contribution in [0.4, 0.5) is 0 Å². The molecule has 22 heteroatoms. The van der Waals surface area contributed by atoms with Crippen molar-refractivity contribution in [1.29, 1.82) is 0 Å². The molecule has 0 amide bonds. The summed E-state index contributed by atoms with van der Waals surface area (Å²) in [6.07, 6.45) is 1.92. The Bertz CT molecular complexity index is 676. The molecule has 0 aromatic heterocycles. The van der Waals surface area contributed by atoms with E-state index < -0.39 is 106 Å². The molecule has 0 saturated carbocycles. The number of carbonyl (C=O) groups excluding carboxylic acids is 1. The van der Waals surface area contributed by atoms with Crippen molar-refractivity contribution in [3.05, 3.63) is 0 Å². The van der Waals surface area contributed by atoms with Crippen molar-refractivity contribution in [3.8, 4) is 0 Å². The van der Waals surface area contributed by atoms with Crippen molar-refractivity contribution in [1.82, 2.24) is 0 Å². The molecule has 0 unspecified atom stereocenters. The average molecular weight is 743 g/mol. The Balaban J connectivity index is 8.03. The summed E-state index contributed by atoms with van der Waals surface area (Å²) in [6.45, 7) is 27.2. The first-order valence-electron chi connectivity index (χ1n) is 14.0. The van der Waals surface area contributed by atoms with Crippen molar-refractivity contribution in [3.63, 3.8) is 0 Å². The summed E-state index contributed by atoms with van der Waals surface area (Å²) in [4.78, 5) is 13.9. The molecular weight excluding hydrogens is 687 g/mol. The summed E-state index contributed by atoms with van der Waals surface area (Å²) in [6, 6.07) is 0. The molecule has 0 rings (SSSR count). The lowest BCUT2D eigenvalue weighted by atomic mass is 10.4. The predicted molar refractivity (Wildman–Crippen MR) is 186 cm³/mol. The van der Waals surface area contributed by atoms with E-state index in [-0.39, 0.29) is 13.0 Å². The number of hydrogen-bond donors (Lipinski definition) is 0. The maximum atomic E-state index is 11.3. The Morgan fingerprint density at radius 3 is 1.15 bits per heavy atom. The smallest absolute Gasteiger partial charge is 0.421 e. The molecule has 0 fully saturated rings. The van der Waals surface area contributed by atoms with Gasteiger partial charge in [0.15, 0.2) is 21.5 Å². The zero-order valence-corrected chi connectivity index (χ0v) is 40.2. The molecule has 0 aromatic carbocycles. The van der Waals surface area contributed by atoms with E-state index in [0.717, 1.165) is 0 Å². The molecule has 0 N–H and O–H groups in total.